The van der Waals surface area contributed by atoms with Crippen LogP contribution in [-0.4, -0.2) is 4.57 Å². The third-order valence-corrected chi connectivity index (χ3v) is 11.0. The first kappa shape index (κ1) is 31.2. The van der Waals surface area contributed by atoms with Crippen molar-refractivity contribution in [3.8, 4) is 27.9 Å². The second kappa shape index (κ2) is 12.6. The first-order chi connectivity index (χ1) is 27.3. The molecule has 0 N–H and O–H groups in total. The number of hydrogen-bond acceptors (Lipinski definition) is 2. The molecule has 0 spiro atoms. The molecule has 0 aliphatic rings. The zero-order valence-corrected chi connectivity index (χ0v) is 29.9. The van der Waals surface area contributed by atoms with Crippen molar-refractivity contribution in [2.45, 2.75) is 0 Å². The average molecular weight is 703 g/mol. The highest BCUT2D eigenvalue weighted by atomic mass is 16.3. The number of anilines is 3. The van der Waals surface area contributed by atoms with E-state index in [1.165, 1.54) is 43.7 Å². The van der Waals surface area contributed by atoms with E-state index in [1.54, 1.807) is 0 Å². The Balaban J connectivity index is 0.974. The number of aromatic nitrogens is 1. The fourth-order valence-corrected chi connectivity index (χ4v) is 8.34. The summed E-state index contributed by atoms with van der Waals surface area (Å²) in [6, 6.07) is 73.9. The molecule has 0 fully saturated rings. The van der Waals surface area contributed by atoms with Crippen LogP contribution in [0.3, 0.4) is 0 Å². The van der Waals surface area contributed by atoms with Crippen LogP contribution in [0.2, 0.25) is 0 Å². The molecule has 11 aromatic rings. The third kappa shape index (κ3) is 5.20. The van der Waals surface area contributed by atoms with Crippen LogP contribution in [0.15, 0.2) is 211 Å². The van der Waals surface area contributed by atoms with Crippen LogP contribution in [0.25, 0.3) is 82.5 Å². The molecule has 55 heavy (non-hydrogen) atoms. The summed E-state index contributed by atoms with van der Waals surface area (Å²) in [5.74, 6) is 0. The molecule has 0 saturated carbocycles. The van der Waals surface area contributed by atoms with Gasteiger partial charge in [0.2, 0.25) is 0 Å². The molecule has 0 aliphatic heterocycles. The minimum atomic E-state index is 0.906. The number of benzene rings is 9. The molecule has 0 amide bonds. The number of fused-ring (bicyclic) bond motifs is 8. The fourth-order valence-electron chi connectivity index (χ4n) is 8.34. The maximum absolute atomic E-state index is 6.20. The molecule has 3 heteroatoms. The lowest BCUT2D eigenvalue weighted by Gasteiger charge is -2.26. The summed E-state index contributed by atoms with van der Waals surface area (Å²) in [4.78, 5) is 2.32. The first-order valence-electron chi connectivity index (χ1n) is 18.8. The Kier molecular flexibility index (Phi) is 7.17. The van der Waals surface area contributed by atoms with E-state index in [0.29, 0.717) is 0 Å². The highest BCUT2D eigenvalue weighted by Crippen LogP contribution is 2.40. The zero-order valence-electron chi connectivity index (χ0n) is 29.9. The molecule has 2 heterocycles. The van der Waals surface area contributed by atoms with Gasteiger partial charge < -0.3 is 13.9 Å². The lowest BCUT2D eigenvalue weighted by molar-refractivity contribution is 0.669. The van der Waals surface area contributed by atoms with Crippen molar-refractivity contribution in [2.75, 3.05) is 4.90 Å². The molecule has 0 atom stereocenters. The van der Waals surface area contributed by atoms with Crippen molar-refractivity contribution in [1.29, 1.82) is 0 Å². The Morgan fingerprint density at radius 2 is 0.873 bits per heavy atom. The predicted molar refractivity (Wildman–Crippen MR) is 231 cm³/mol. The Hall–Kier alpha value is -7.36. The Morgan fingerprint density at radius 3 is 1.60 bits per heavy atom. The SMILES string of the molecule is c1ccc(N(c2ccc(-c3ccc4c(c3)oc3ccccc34)cc2)c2ccc(-c3ccc4c5ccc6ccccc6c5n(-c5ccccc5)c4c3)cc2)cc1. The first-order valence-corrected chi connectivity index (χ1v) is 18.8. The number of para-hydroxylation sites is 3. The Bertz CT molecular complexity index is 3180. The quantitative estimate of drug-likeness (QED) is 0.172. The van der Waals surface area contributed by atoms with Crippen molar-refractivity contribution >= 4 is 71.6 Å². The van der Waals surface area contributed by atoms with Gasteiger partial charge in [0.1, 0.15) is 11.2 Å². The van der Waals surface area contributed by atoms with Crippen LogP contribution >= 0.6 is 0 Å². The van der Waals surface area contributed by atoms with E-state index in [9.17, 15) is 0 Å². The minimum absolute atomic E-state index is 0.906. The number of nitrogens with zero attached hydrogens (tertiary/aromatic N) is 2. The molecule has 0 radical (unpaired) electrons. The summed E-state index contributed by atoms with van der Waals surface area (Å²) in [6.07, 6.45) is 0. The summed E-state index contributed by atoms with van der Waals surface area (Å²) >= 11 is 0. The molecule has 0 bridgehead atoms. The van der Waals surface area contributed by atoms with Crippen LogP contribution in [0.4, 0.5) is 17.1 Å². The molecule has 258 valence electrons. The molecule has 0 aliphatic carbocycles. The summed E-state index contributed by atoms with van der Waals surface area (Å²) in [6.45, 7) is 0. The second-order valence-corrected chi connectivity index (χ2v) is 14.2. The van der Waals surface area contributed by atoms with E-state index >= 15 is 0 Å². The number of hydrogen-bond donors (Lipinski definition) is 0. The molecule has 0 saturated heterocycles. The molecule has 0 unspecified atom stereocenters. The van der Waals surface area contributed by atoms with E-state index in [0.717, 1.165) is 55.8 Å². The molecule has 9 aromatic carbocycles. The normalized spacial score (nSPS) is 11.6. The maximum Gasteiger partial charge on any atom is 0.136 e. The average Bonchev–Trinajstić information content (AvgIpc) is 3.80. The second-order valence-electron chi connectivity index (χ2n) is 14.2. The van der Waals surface area contributed by atoms with Gasteiger partial charge in [-0.25, -0.2) is 0 Å². The predicted octanol–water partition coefficient (Wildman–Crippen LogP) is 14.6. The summed E-state index contributed by atoms with van der Waals surface area (Å²) in [5.41, 5.74) is 13.3. The summed E-state index contributed by atoms with van der Waals surface area (Å²) < 4.78 is 8.63. The highest BCUT2D eigenvalue weighted by molar-refractivity contribution is 6.19. The molecule has 11 rings (SSSR count). The molecular weight excluding hydrogens is 669 g/mol. The lowest BCUT2D eigenvalue weighted by Crippen LogP contribution is -2.09. The fraction of sp³-hybridized carbons (Fsp3) is 0. The van der Waals surface area contributed by atoms with Gasteiger partial charge in [-0.1, -0.05) is 133 Å². The smallest absolute Gasteiger partial charge is 0.136 e. The monoisotopic (exact) mass is 702 g/mol. The molecule has 2 aromatic heterocycles. The Morgan fingerprint density at radius 1 is 0.345 bits per heavy atom. The minimum Gasteiger partial charge on any atom is -0.456 e. The van der Waals surface area contributed by atoms with Crippen LogP contribution in [0.1, 0.15) is 0 Å². The van der Waals surface area contributed by atoms with Gasteiger partial charge in [-0.2, -0.15) is 0 Å². The van der Waals surface area contributed by atoms with Gasteiger partial charge in [0.15, 0.2) is 0 Å². The molecular formula is C52H34N2O. The van der Waals surface area contributed by atoms with Gasteiger partial charge in [0.25, 0.3) is 0 Å². The van der Waals surface area contributed by atoms with Crippen molar-refractivity contribution in [3.05, 3.63) is 206 Å². The number of furan rings is 1. The standard InChI is InChI=1S/C52H34N2O/c1-3-12-40(13-4-1)53(43-28-21-36(22-29-43)39-25-31-47-46-17-9-10-18-50(46)55-51(47)34-39)42-26-19-35(20-27-42)38-24-30-45-48-32-23-37-11-7-8-16-44(37)52(48)54(49(45)33-38)41-14-5-2-6-15-41/h1-34H. The van der Waals surface area contributed by atoms with Gasteiger partial charge in [0, 0.05) is 49.7 Å². The van der Waals surface area contributed by atoms with E-state index in [4.69, 9.17) is 4.42 Å². The summed E-state index contributed by atoms with van der Waals surface area (Å²) in [5, 5.41) is 7.30. The van der Waals surface area contributed by atoms with Gasteiger partial charge in [-0.3, -0.25) is 0 Å². The van der Waals surface area contributed by atoms with Gasteiger partial charge in [-0.15, -0.1) is 0 Å². The third-order valence-electron chi connectivity index (χ3n) is 11.0. The summed E-state index contributed by atoms with van der Waals surface area (Å²) in [7, 11) is 0. The molecule has 3 nitrogen and oxygen atoms in total. The van der Waals surface area contributed by atoms with Crippen LogP contribution in [-0.2, 0) is 0 Å². The van der Waals surface area contributed by atoms with Gasteiger partial charge >= 0.3 is 0 Å². The number of rotatable bonds is 6. The largest absolute Gasteiger partial charge is 0.456 e. The van der Waals surface area contributed by atoms with Crippen molar-refractivity contribution in [1.82, 2.24) is 4.57 Å². The zero-order chi connectivity index (χ0) is 36.3. The van der Waals surface area contributed by atoms with Crippen molar-refractivity contribution in [3.63, 3.8) is 0 Å². The topological polar surface area (TPSA) is 21.3 Å². The van der Waals surface area contributed by atoms with Crippen LogP contribution in [0, 0.1) is 0 Å². The van der Waals surface area contributed by atoms with E-state index in [2.05, 4.69) is 204 Å². The maximum atomic E-state index is 6.20. The Labute approximate surface area is 318 Å². The van der Waals surface area contributed by atoms with Crippen LogP contribution in [0.5, 0.6) is 0 Å². The lowest BCUT2D eigenvalue weighted by atomic mass is 10.0. The van der Waals surface area contributed by atoms with E-state index < -0.39 is 0 Å². The van der Waals surface area contributed by atoms with Gasteiger partial charge in [0.05, 0.1) is 11.0 Å². The van der Waals surface area contributed by atoms with Gasteiger partial charge in [-0.05, 0) is 100 Å². The van der Waals surface area contributed by atoms with Crippen molar-refractivity contribution < 1.29 is 4.42 Å². The van der Waals surface area contributed by atoms with Crippen LogP contribution < -0.4 is 4.90 Å². The van der Waals surface area contributed by atoms with E-state index in [1.807, 2.05) is 12.1 Å². The highest BCUT2D eigenvalue weighted by Gasteiger charge is 2.17. The van der Waals surface area contributed by atoms with E-state index in [-0.39, 0.29) is 0 Å². The van der Waals surface area contributed by atoms with Crippen molar-refractivity contribution in [2.24, 2.45) is 0 Å².